The summed E-state index contributed by atoms with van der Waals surface area (Å²) in [5, 5.41) is 0. The molecule has 1 heterocycles. The van der Waals surface area contributed by atoms with Gasteiger partial charge in [-0.05, 0) is 26.1 Å². The molecule has 5 nitrogen and oxygen atoms in total. The quantitative estimate of drug-likeness (QED) is 0.735. The Kier molecular flexibility index (Phi) is 7.25. The minimum atomic E-state index is 0.107. The molecule has 1 aromatic rings. The van der Waals surface area contributed by atoms with Crippen LogP contribution in [0, 0.1) is 6.92 Å². The van der Waals surface area contributed by atoms with Crippen LogP contribution in [0.3, 0.4) is 0 Å². The van der Waals surface area contributed by atoms with Gasteiger partial charge in [-0.3, -0.25) is 9.78 Å². The minimum absolute atomic E-state index is 0.107. The highest BCUT2D eigenvalue weighted by Gasteiger charge is 2.10. The summed E-state index contributed by atoms with van der Waals surface area (Å²) in [5.74, 6) is 0.107. The lowest BCUT2D eigenvalue weighted by Crippen LogP contribution is -2.32. The molecule has 0 fully saturated rings. The Bertz CT molecular complexity index is 492. The van der Waals surface area contributed by atoms with Gasteiger partial charge < -0.3 is 15.5 Å². The predicted octanol–water partition coefficient (Wildman–Crippen LogP) is 1.35. The van der Waals surface area contributed by atoms with Crippen LogP contribution in [-0.2, 0) is 11.3 Å². The molecule has 0 aliphatic heterocycles. The number of carbonyl (C=O) groups excluding carboxylic acids is 1. The molecular formula is C15H24N4OS. The van der Waals surface area contributed by atoms with Crippen LogP contribution in [0.25, 0.3) is 0 Å². The molecule has 21 heavy (non-hydrogen) atoms. The number of pyridine rings is 1. The molecule has 0 saturated carbocycles. The summed E-state index contributed by atoms with van der Waals surface area (Å²) in [6.07, 6.45) is 1.05. The summed E-state index contributed by atoms with van der Waals surface area (Å²) in [5.41, 5.74) is 7.47. The molecule has 2 N–H and O–H groups in total. The Morgan fingerprint density at radius 3 is 2.62 bits per heavy atom. The van der Waals surface area contributed by atoms with Crippen LogP contribution in [0.5, 0.6) is 0 Å². The lowest BCUT2D eigenvalue weighted by molar-refractivity contribution is -0.130. The van der Waals surface area contributed by atoms with Crippen molar-refractivity contribution in [3.05, 3.63) is 29.6 Å². The number of hydrogen-bond acceptors (Lipinski definition) is 4. The van der Waals surface area contributed by atoms with E-state index in [4.69, 9.17) is 18.0 Å². The van der Waals surface area contributed by atoms with Gasteiger partial charge in [-0.25, -0.2) is 0 Å². The number of rotatable bonds is 8. The Morgan fingerprint density at radius 2 is 2.00 bits per heavy atom. The number of hydrogen-bond donors (Lipinski definition) is 1. The molecule has 1 aromatic heterocycles. The Balaban J connectivity index is 2.33. The van der Waals surface area contributed by atoms with Crippen LogP contribution in [-0.4, -0.2) is 52.9 Å². The smallest absolute Gasteiger partial charge is 0.223 e. The van der Waals surface area contributed by atoms with E-state index in [0.29, 0.717) is 30.9 Å². The van der Waals surface area contributed by atoms with E-state index in [-0.39, 0.29) is 5.91 Å². The van der Waals surface area contributed by atoms with Crippen LogP contribution in [0.1, 0.15) is 24.2 Å². The summed E-state index contributed by atoms with van der Waals surface area (Å²) < 4.78 is 0. The molecule has 116 valence electrons. The molecule has 1 amide bonds. The number of amides is 1. The van der Waals surface area contributed by atoms with E-state index in [9.17, 15) is 4.79 Å². The zero-order valence-electron chi connectivity index (χ0n) is 13.0. The number of nitrogens with two attached hydrogens (primary N) is 1. The summed E-state index contributed by atoms with van der Waals surface area (Å²) in [7, 11) is 3.77. The minimum Gasteiger partial charge on any atom is -0.393 e. The van der Waals surface area contributed by atoms with E-state index in [0.717, 1.165) is 17.9 Å². The second-order valence-corrected chi connectivity index (χ2v) is 5.81. The van der Waals surface area contributed by atoms with Crippen molar-refractivity contribution in [1.82, 2.24) is 14.8 Å². The van der Waals surface area contributed by atoms with Crippen LogP contribution in [0.4, 0.5) is 0 Å². The van der Waals surface area contributed by atoms with Gasteiger partial charge >= 0.3 is 0 Å². The van der Waals surface area contributed by atoms with Gasteiger partial charge in [0.1, 0.15) is 0 Å². The van der Waals surface area contributed by atoms with Crippen LogP contribution >= 0.6 is 12.2 Å². The third-order valence-corrected chi connectivity index (χ3v) is 3.41. The van der Waals surface area contributed by atoms with E-state index in [1.54, 1.807) is 11.9 Å². The van der Waals surface area contributed by atoms with Gasteiger partial charge in [0.15, 0.2) is 0 Å². The molecule has 0 aromatic carbocycles. The zero-order valence-corrected chi connectivity index (χ0v) is 13.8. The summed E-state index contributed by atoms with van der Waals surface area (Å²) in [6.45, 7) is 4.00. The molecule has 0 unspecified atom stereocenters. The van der Waals surface area contributed by atoms with Gasteiger partial charge in [0, 0.05) is 45.2 Å². The highest BCUT2D eigenvalue weighted by Crippen LogP contribution is 2.03. The summed E-state index contributed by atoms with van der Waals surface area (Å²) in [4.78, 5) is 20.6. The number of thiocarbonyl (C=S) groups is 1. The van der Waals surface area contributed by atoms with E-state index in [1.807, 2.05) is 32.2 Å². The van der Waals surface area contributed by atoms with E-state index >= 15 is 0 Å². The van der Waals surface area contributed by atoms with Gasteiger partial charge in [-0.2, -0.15) is 0 Å². The van der Waals surface area contributed by atoms with Gasteiger partial charge in [0.05, 0.1) is 10.7 Å². The molecule has 0 radical (unpaired) electrons. The number of aryl methyl sites for hydroxylation is 1. The van der Waals surface area contributed by atoms with Crippen LogP contribution < -0.4 is 5.73 Å². The van der Waals surface area contributed by atoms with Crippen molar-refractivity contribution in [2.75, 3.05) is 27.2 Å². The Morgan fingerprint density at radius 1 is 1.29 bits per heavy atom. The maximum Gasteiger partial charge on any atom is 0.223 e. The first-order valence-electron chi connectivity index (χ1n) is 7.02. The molecule has 0 spiro atoms. The Hall–Kier alpha value is -1.53. The largest absolute Gasteiger partial charge is 0.393 e. The maximum atomic E-state index is 12.0. The average molecular weight is 308 g/mol. The third-order valence-electron chi connectivity index (χ3n) is 3.20. The lowest BCUT2D eigenvalue weighted by atomic mass is 10.3. The van der Waals surface area contributed by atoms with Crippen molar-refractivity contribution in [1.29, 1.82) is 0 Å². The number of nitrogens with zero attached hydrogens (tertiary/aromatic N) is 3. The van der Waals surface area contributed by atoms with Crippen molar-refractivity contribution < 1.29 is 4.79 Å². The van der Waals surface area contributed by atoms with Crippen molar-refractivity contribution in [3.63, 3.8) is 0 Å². The third kappa shape index (κ3) is 7.15. The summed E-state index contributed by atoms with van der Waals surface area (Å²) >= 11 is 4.81. The molecule has 0 aliphatic rings. The first-order chi connectivity index (χ1) is 9.88. The van der Waals surface area contributed by atoms with Crippen LogP contribution in [0.15, 0.2) is 18.2 Å². The topological polar surface area (TPSA) is 62.5 Å². The fourth-order valence-electron chi connectivity index (χ4n) is 1.92. The van der Waals surface area contributed by atoms with Crippen LogP contribution in [0.2, 0.25) is 0 Å². The van der Waals surface area contributed by atoms with Gasteiger partial charge in [0.25, 0.3) is 0 Å². The standard InChI is InChI=1S/C15H24N4OS/c1-12-5-4-6-13(17-12)11-18(2)9-8-15(20)19(3)10-7-14(16)21/h4-6H,7-11H2,1-3H3,(H2,16,21). The second kappa shape index (κ2) is 8.69. The van der Waals surface area contributed by atoms with Crippen molar-refractivity contribution >= 4 is 23.1 Å². The summed E-state index contributed by atoms with van der Waals surface area (Å²) in [6, 6.07) is 5.98. The Labute approximate surface area is 132 Å². The fourth-order valence-corrected chi connectivity index (χ4v) is 2.01. The average Bonchev–Trinajstić information content (AvgIpc) is 2.42. The monoisotopic (exact) mass is 308 g/mol. The highest BCUT2D eigenvalue weighted by molar-refractivity contribution is 7.80. The lowest BCUT2D eigenvalue weighted by Gasteiger charge is -2.20. The first kappa shape index (κ1) is 17.5. The van der Waals surface area contributed by atoms with E-state index in [1.165, 1.54) is 0 Å². The zero-order chi connectivity index (χ0) is 15.8. The molecule has 6 heteroatoms. The second-order valence-electron chi connectivity index (χ2n) is 5.29. The highest BCUT2D eigenvalue weighted by atomic mass is 32.1. The SMILES string of the molecule is Cc1cccc(CN(C)CCC(=O)N(C)CCC(N)=S)n1. The fraction of sp³-hybridized carbons (Fsp3) is 0.533. The molecule has 0 bridgehead atoms. The number of aromatic nitrogens is 1. The van der Waals surface area contributed by atoms with Crippen molar-refractivity contribution in [3.8, 4) is 0 Å². The number of carbonyl (C=O) groups is 1. The van der Waals surface area contributed by atoms with E-state index in [2.05, 4.69) is 9.88 Å². The maximum absolute atomic E-state index is 12.0. The molecular weight excluding hydrogens is 284 g/mol. The van der Waals surface area contributed by atoms with Gasteiger partial charge in [-0.15, -0.1) is 0 Å². The molecule has 0 atom stereocenters. The normalized spacial score (nSPS) is 10.7. The first-order valence-corrected chi connectivity index (χ1v) is 7.42. The molecule has 0 saturated heterocycles. The van der Waals surface area contributed by atoms with Crippen molar-refractivity contribution in [2.24, 2.45) is 5.73 Å². The van der Waals surface area contributed by atoms with E-state index < -0.39 is 0 Å². The van der Waals surface area contributed by atoms with Gasteiger partial charge in [-0.1, -0.05) is 18.3 Å². The predicted molar refractivity (Wildman–Crippen MR) is 89.0 cm³/mol. The van der Waals surface area contributed by atoms with Gasteiger partial charge in [0.2, 0.25) is 5.91 Å². The van der Waals surface area contributed by atoms with Crippen molar-refractivity contribution in [2.45, 2.75) is 26.3 Å². The molecule has 0 aliphatic carbocycles. The molecule has 1 rings (SSSR count).